The molecule has 0 aromatic carbocycles. The fourth-order valence-electron chi connectivity index (χ4n) is 2.16. The molecule has 1 aliphatic rings. The van der Waals surface area contributed by atoms with Gasteiger partial charge in [0.25, 0.3) is 0 Å². The van der Waals surface area contributed by atoms with Gasteiger partial charge in [0.15, 0.2) is 0 Å². The molecule has 1 saturated carbocycles. The predicted molar refractivity (Wildman–Crippen MR) is 67.2 cm³/mol. The smallest absolute Gasteiger partial charge is 0.0178 e. The highest BCUT2D eigenvalue weighted by molar-refractivity contribution is 4.94. The summed E-state index contributed by atoms with van der Waals surface area (Å²) < 4.78 is 0. The maximum Gasteiger partial charge on any atom is 0.0178 e. The lowest BCUT2D eigenvalue weighted by Crippen LogP contribution is -2.51. The summed E-state index contributed by atoms with van der Waals surface area (Å²) in [6.07, 6.45) is 6.71. The van der Waals surface area contributed by atoms with Gasteiger partial charge in [-0.1, -0.05) is 6.92 Å². The van der Waals surface area contributed by atoms with Crippen LogP contribution in [0.1, 0.15) is 59.8 Å². The molecule has 2 heteroatoms. The van der Waals surface area contributed by atoms with Crippen LogP contribution in [-0.2, 0) is 0 Å². The van der Waals surface area contributed by atoms with Crippen LogP contribution in [0.25, 0.3) is 0 Å². The van der Waals surface area contributed by atoms with Gasteiger partial charge in [0.05, 0.1) is 0 Å². The van der Waals surface area contributed by atoms with E-state index < -0.39 is 0 Å². The van der Waals surface area contributed by atoms with Gasteiger partial charge in [-0.2, -0.15) is 0 Å². The normalized spacial score (nSPS) is 20.0. The molecule has 0 bridgehead atoms. The third-order valence-electron chi connectivity index (χ3n) is 3.50. The Hall–Kier alpha value is -0.0800. The number of hydrogen-bond donors (Lipinski definition) is 2. The van der Waals surface area contributed by atoms with Gasteiger partial charge in [0.1, 0.15) is 0 Å². The lowest BCUT2D eigenvalue weighted by atomic mass is 9.75. The second-order valence-corrected chi connectivity index (χ2v) is 5.94. The first-order valence-electron chi connectivity index (χ1n) is 6.47. The number of hydrogen-bond acceptors (Lipinski definition) is 2. The summed E-state index contributed by atoms with van der Waals surface area (Å²) in [4.78, 5) is 0. The SMILES string of the molecule is CCC1(NCCCNC(C)(C)C)CCC1. The monoisotopic (exact) mass is 212 g/mol. The molecule has 0 heterocycles. The molecule has 0 amide bonds. The zero-order valence-corrected chi connectivity index (χ0v) is 10.9. The minimum absolute atomic E-state index is 0.263. The quantitative estimate of drug-likeness (QED) is 0.662. The highest BCUT2D eigenvalue weighted by atomic mass is 15.0. The second kappa shape index (κ2) is 5.31. The van der Waals surface area contributed by atoms with E-state index in [4.69, 9.17) is 0 Å². The molecule has 0 atom stereocenters. The Labute approximate surface area is 95.2 Å². The Kier molecular flexibility index (Phi) is 4.60. The molecule has 0 radical (unpaired) electrons. The van der Waals surface area contributed by atoms with Crippen LogP contribution in [0.5, 0.6) is 0 Å². The van der Waals surface area contributed by atoms with Crippen molar-refractivity contribution in [1.82, 2.24) is 10.6 Å². The van der Waals surface area contributed by atoms with Crippen molar-refractivity contribution in [3.8, 4) is 0 Å². The minimum atomic E-state index is 0.263. The van der Waals surface area contributed by atoms with Crippen LogP contribution in [0, 0.1) is 0 Å². The van der Waals surface area contributed by atoms with Crippen molar-refractivity contribution in [2.24, 2.45) is 0 Å². The molecule has 1 aliphatic carbocycles. The molecular formula is C13H28N2. The van der Waals surface area contributed by atoms with Gasteiger partial charge in [-0.25, -0.2) is 0 Å². The van der Waals surface area contributed by atoms with E-state index in [0.717, 1.165) is 13.1 Å². The van der Waals surface area contributed by atoms with Crippen LogP contribution in [0.4, 0.5) is 0 Å². The molecule has 0 saturated heterocycles. The summed E-state index contributed by atoms with van der Waals surface area (Å²) in [5.41, 5.74) is 0.778. The first kappa shape index (κ1) is 13.0. The van der Waals surface area contributed by atoms with Crippen molar-refractivity contribution >= 4 is 0 Å². The average Bonchev–Trinajstić information content (AvgIpc) is 2.06. The average molecular weight is 212 g/mol. The van der Waals surface area contributed by atoms with Crippen molar-refractivity contribution < 1.29 is 0 Å². The van der Waals surface area contributed by atoms with E-state index in [0.29, 0.717) is 5.54 Å². The molecule has 1 rings (SSSR count). The van der Waals surface area contributed by atoms with E-state index >= 15 is 0 Å². The Balaban J connectivity index is 2.02. The number of rotatable bonds is 6. The molecule has 90 valence electrons. The molecule has 1 fully saturated rings. The Morgan fingerprint density at radius 3 is 2.20 bits per heavy atom. The first-order chi connectivity index (χ1) is 6.97. The third-order valence-corrected chi connectivity index (χ3v) is 3.50. The molecular weight excluding hydrogens is 184 g/mol. The summed E-state index contributed by atoms with van der Waals surface area (Å²) in [6, 6.07) is 0. The summed E-state index contributed by atoms with van der Waals surface area (Å²) in [5, 5.41) is 7.25. The van der Waals surface area contributed by atoms with Crippen LogP contribution in [0.15, 0.2) is 0 Å². The lowest BCUT2D eigenvalue weighted by Gasteiger charge is -2.42. The highest BCUT2D eigenvalue weighted by Crippen LogP contribution is 2.34. The molecule has 2 nitrogen and oxygen atoms in total. The van der Waals surface area contributed by atoms with E-state index in [-0.39, 0.29) is 5.54 Å². The third kappa shape index (κ3) is 4.52. The zero-order valence-electron chi connectivity index (χ0n) is 10.9. The topological polar surface area (TPSA) is 24.1 Å². The Bertz CT molecular complexity index is 172. The van der Waals surface area contributed by atoms with Gasteiger partial charge < -0.3 is 10.6 Å². The fourth-order valence-corrected chi connectivity index (χ4v) is 2.16. The Morgan fingerprint density at radius 2 is 1.80 bits per heavy atom. The Morgan fingerprint density at radius 1 is 1.13 bits per heavy atom. The van der Waals surface area contributed by atoms with Gasteiger partial charge in [0.2, 0.25) is 0 Å². The van der Waals surface area contributed by atoms with Crippen LogP contribution in [0.2, 0.25) is 0 Å². The van der Waals surface area contributed by atoms with Crippen LogP contribution >= 0.6 is 0 Å². The summed E-state index contributed by atoms with van der Waals surface area (Å²) in [7, 11) is 0. The number of nitrogens with one attached hydrogen (secondary N) is 2. The molecule has 0 aliphatic heterocycles. The van der Waals surface area contributed by atoms with Gasteiger partial charge in [-0.15, -0.1) is 0 Å². The van der Waals surface area contributed by atoms with Crippen molar-refractivity contribution in [3.05, 3.63) is 0 Å². The van der Waals surface area contributed by atoms with Gasteiger partial charge in [-0.05, 0) is 66.0 Å². The second-order valence-electron chi connectivity index (χ2n) is 5.94. The molecule has 0 aromatic rings. The van der Waals surface area contributed by atoms with Crippen molar-refractivity contribution in [3.63, 3.8) is 0 Å². The summed E-state index contributed by atoms with van der Waals surface area (Å²) in [6.45, 7) is 11.3. The van der Waals surface area contributed by atoms with Gasteiger partial charge in [0, 0.05) is 11.1 Å². The first-order valence-corrected chi connectivity index (χ1v) is 6.47. The molecule has 15 heavy (non-hydrogen) atoms. The molecule has 0 unspecified atom stereocenters. The predicted octanol–water partition coefficient (Wildman–Crippen LogP) is 2.69. The minimum Gasteiger partial charge on any atom is -0.312 e. The van der Waals surface area contributed by atoms with E-state index in [1.54, 1.807) is 0 Å². The van der Waals surface area contributed by atoms with E-state index in [2.05, 4.69) is 38.3 Å². The van der Waals surface area contributed by atoms with Gasteiger partial charge in [-0.3, -0.25) is 0 Å². The maximum atomic E-state index is 3.73. The summed E-state index contributed by atoms with van der Waals surface area (Å²) in [5.74, 6) is 0. The standard InChI is InChI=1S/C13H28N2/c1-5-13(8-6-9-13)15-11-7-10-14-12(2,3)4/h14-15H,5-11H2,1-4H3. The molecule has 0 aromatic heterocycles. The van der Waals surface area contributed by atoms with Crippen molar-refractivity contribution in [1.29, 1.82) is 0 Å². The van der Waals surface area contributed by atoms with E-state index in [9.17, 15) is 0 Å². The van der Waals surface area contributed by atoms with Crippen LogP contribution in [0.3, 0.4) is 0 Å². The maximum absolute atomic E-state index is 3.73. The summed E-state index contributed by atoms with van der Waals surface area (Å²) >= 11 is 0. The molecule has 2 N–H and O–H groups in total. The highest BCUT2D eigenvalue weighted by Gasteiger charge is 2.33. The largest absolute Gasteiger partial charge is 0.312 e. The van der Waals surface area contributed by atoms with Gasteiger partial charge >= 0.3 is 0 Å². The van der Waals surface area contributed by atoms with E-state index in [1.807, 2.05) is 0 Å². The fraction of sp³-hybridized carbons (Fsp3) is 1.00. The zero-order chi connectivity index (χ0) is 11.4. The lowest BCUT2D eigenvalue weighted by molar-refractivity contribution is 0.177. The van der Waals surface area contributed by atoms with Crippen molar-refractivity contribution in [2.75, 3.05) is 13.1 Å². The van der Waals surface area contributed by atoms with Crippen LogP contribution in [-0.4, -0.2) is 24.2 Å². The van der Waals surface area contributed by atoms with Crippen LogP contribution < -0.4 is 10.6 Å². The van der Waals surface area contributed by atoms with E-state index in [1.165, 1.54) is 32.1 Å². The molecule has 0 spiro atoms. The van der Waals surface area contributed by atoms with Crippen molar-refractivity contribution in [2.45, 2.75) is 70.9 Å².